The zero-order valence-corrected chi connectivity index (χ0v) is 15.3. The minimum Gasteiger partial charge on any atom is -0.490 e. The van der Waals surface area contributed by atoms with Crippen LogP contribution in [0.2, 0.25) is 0 Å². The van der Waals surface area contributed by atoms with E-state index in [1.54, 1.807) is 0 Å². The molecule has 0 radical (unpaired) electrons. The van der Waals surface area contributed by atoms with E-state index in [-0.39, 0.29) is 0 Å². The summed E-state index contributed by atoms with van der Waals surface area (Å²) in [5, 5.41) is 0. The van der Waals surface area contributed by atoms with Crippen molar-refractivity contribution in [1.29, 1.82) is 0 Å². The van der Waals surface area contributed by atoms with E-state index in [1.165, 1.54) is 11.1 Å². The molecule has 0 heterocycles. The highest BCUT2D eigenvalue weighted by atomic mass is 16.5. The molecule has 128 valence electrons. The predicted molar refractivity (Wildman–Crippen MR) is 101 cm³/mol. The maximum absolute atomic E-state index is 5.83. The van der Waals surface area contributed by atoms with Crippen LogP contribution in [0.25, 0.3) is 0 Å². The smallest absolute Gasteiger partial charge is 0.161 e. The van der Waals surface area contributed by atoms with Gasteiger partial charge in [0.1, 0.15) is 0 Å². The number of nitrogens with zero attached hydrogens (tertiary/aromatic N) is 1. The molecule has 0 atom stereocenters. The third-order valence-corrected chi connectivity index (χ3v) is 3.69. The Balaban J connectivity index is 2.19. The van der Waals surface area contributed by atoms with Crippen molar-refractivity contribution in [3.8, 4) is 11.5 Å². The number of aryl methyl sites for hydroxylation is 2. The number of hydrogen-bond donors (Lipinski definition) is 0. The summed E-state index contributed by atoms with van der Waals surface area (Å²) in [5.41, 5.74) is 4.47. The molecule has 0 aromatic heterocycles. The summed E-state index contributed by atoms with van der Waals surface area (Å²) in [6.07, 6.45) is 1.86. The first-order valence-corrected chi connectivity index (χ1v) is 8.50. The molecule has 3 nitrogen and oxygen atoms in total. The molecular formula is C21H27NO2. The number of aliphatic imine (C=N–C) groups is 1. The second-order valence-electron chi connectivity index (χ2n) is 6.37. The fourth-order valence-electron chi connectivity index (χ4n) is 2.20. The average Bonchev–Trinajstić information content (AvgIpc) is 2.55. The highest BCUT2D eigenvalue weighted by Gasteiger charge is 2.07. The highest BCUT2D eigenvalue weighted by molar-refractivity contribution is 5.83. The zero-order chi connectivity index (χ0) is 17.5. The zero-order valence-electron chi connectivity index (χ0n) is 15.3. The van der Waals surface area contributed by atoms with Gasteiger partial charge in [0.05, 0.1) is 18.9 Å². The number of rotatable bonds is 7. The van der Waals surface area contributed by atoms with Gasteiger partial charge in [-0.15, -0.1) is 0 Å². The van der Waals surface area contributed by atoms with Gasteiger partial charge >= 0.3 is 0 Å². The van der Waals surface area contributed by atoms with E-state index >= 15 is 0 Å². The minimum atomic E-state index is 0.477. The van der Waals surface area contributed by atoms with E-state index in [9.17, 15) is 0 Å². The largest absolute Gasteiger partial charge is 0.490 e. The molecular weight excluding hydrogens is 298 g/mol. The van der Waals surface area contributed by atoms with E-state index < -0.39 is 0 Å². The Bertz CT molecular complexity index is 705. The van der Waals surface area contributed by atoms with Gasteiger partial charge in [-0.2, -0.15) is 0 Å². The van der Waals surface area contributed by atoms with Crippen molar-refractivity contribution < 1.29 is 9.47 Å². The van der Waals surface area contributed by atoms with Crippen molar-refractivity contribution in [2.75, 3.05) is 13.2 Å². The van der Waals surface area contributed by atoms with Crippen LogP contribution in [0.15, 0.2) is 41.4 Å². The second-order valence-corrected chi connectivity index (χ2v) is 6.37. The van der Waals surface area contributed by atoms with Gasteiger partial charge in [0, 0.05) is 6.21 Å². The Morgan fingerprint density at radius 2 is 1.75 bits per heavy atom. The lowest BCUT2D eigenvalue weighted by molar-refractivity contribution is 0.248. The SMILES string of the molecule is CCOc1cc(C=Nc2ccc(C)c(C)c2)ccc1OCC(C)C. The summed E-state index contributed by atoms with van der Waals surface area (Å²) in [4.78, 5) is 4.56. The quantitative estimate of drug-likeness (QED) is 0.630. The van der Waals surface area contributed by atoms with Crippen molar-refractivity contribution in [2.45, 2.75) is 34.6 Å². The van der Waals surface area contributed by atoms with E-state index in [0.29, 0.717) is 19.1 Å². The van der Waals surface area contributed by atoms with Crippen molar-refractivity contribution in [3.63, 3.8) is 0 Å². The molecule has 0 aliphatic heterocycles. The summed E-state index contributed by atoms with van der Waals surface area (Å²) in [7, 11) is 0. The minimum absolute atomic E-state index is 0.477. The van der Waals surface area contributed by atoms with Crippen molar-refractivity contribution >= 4 is 11.9 Å². The van der Waals surface area contributed by atoms with Crippen LogP contribution < -0.4 is 9.47 Å². The fourth-order valence-corrected chi connectivity index (χ4v) is 2.20. The second kappa shape index (κ2) is 8.53. The lowest BCUT2D eigenvalue weighted by atomic mass is 10.1. The molecule has 0 bridgehead atoms. The molecule has 0 saturated carbocycles. The van der Waals surface area contributed by atoms with Crippen molar-refractivity contribution in [3.05, 3.63) is 53.1 Å². The standard InChI is InChI=1S/C21H27NO2/c1-6-23-21-12-18(8-10-20(21)24-14-15(2)3)13-22-19-9-7-16(4)17(5)11-19/h7-13,15H,6,14H2,1-5H3. The first kappa shape index (κ1) is 18.1. The Labute approximate surface area is 145 Å². The van der Waals surface area contributed by atoms with Gasteiger partial charge in [-0.05, 0) is 73.7 Å². The maximum atomic E-state index is 5.83. The number of ether oxygens (including phenoxy) is 2. The summed E-state index contributed by atoms with van der Waals surface area (Å²) in [6.45, 7) is 11.7. The van der Waals surface area contributed by atoms with E-state index in [1.807, 2.05) is 37.4 Å². The van der Waals surface area contributed by atoms with Gasteiger partial charge in [-0.1, -0.05) is 19.9 Å². The molecule has 0 aliphatic rings. The fraction of sp³-hybridized carbons (Fsp3) is 0.381. The maximum Gasteiger partial charge on any atom is 0.161 e. The van der Waals surface area contributed by atoms with Crippen LogP contribution in [0.1, 0.15) is 37.5 Å². The molecule has 3 heteroatoms. The van der Waals surface area contributed by atoms with Gasteiger partial charge < -0.3 is 9.47 Å². The molecule has 0 fully saturated rings. The molecule has 0 amide bonds. The van der Waals surface area contributed by atoms with Gasteiger partial charge in [-0.25, -0.2) is 0 Å². The first-order valence-electron chi connectivity index (χ1n) is 8.50. The number of benzene rings is 2. The van der Waals surface area contributed by atoms with Crippen LogP contribution in [0.4, 0.5) is 5.69 Å². The van der Waals surface area contributed by atoms with E-state index in [0.717, 1.165) is 22.7 Å². The van der Waals surface area contributed by atoms with Gasteiger partial charge in [0.15, 0.2) is 11.5 Å². The lowest BCUT2D eigenvalue weighted by Crippen LogP contribution is -2.06. The summed E-state index contributed by atoms with van der Waals surface area (Å²) >= 11 is 0. The van der Waals surface area contributed by atoms with E-state index in [4.69, 9.17) is 9.47 Å². The van der Waals surface area contributed by atoms with Crippen LogP contribution in [0.3, 0.4) is 0 Å². The summed E-state index contributed by atoms with van der Waals surface area (Å²) in [5.74, 6) is 2.03. The van der Waals surface area contributed by atoms with Crippen molar-refractivity contribution in [2.24, 2.45) is 10.9 Å². The number of hydrogen-bond acceptors (Lipinski definition) is 3. The molecule has 24 heavy (non-hydrogen) atoms. The monoisotopic (exact) mass is 325 g/mol. The van der Waals surface area contributed by atoms with Gasteiger partial charge in [-0.3, -0.25) is 4.99 Å². The molecule has 0 saturated heterocycles. The lowest BCUT2D eigenvalue weighted by Gasteiger charge is -2.13. The van der Waals surface area contributed by atoms with Crippen LogP contribution in [-0.4, -0.2) is 19.4 Å². The Morgan fingerprint density at radius 3 is 2.42 bits per heavy atom. The third-order valence-electron chi connectivity index (χ3n) is 3.69. The molecule has 2 rings (SSSR count). The summed E-state index contributed by atoms with van der Waals surface area (Å²) in [6, 6.07) is 12.1. The molecule has 0 spiro atoms. The van der Waals surface area contributed by atoms with Crippen LogP contribution in [0, 0.1) is 19.8 Å². The van der Waals surface area contributed by atoms with Gasteiger partial charge in [0.2, 0.25) is 0 Å². The molecule has 0 N–H and O–H groups in total. The van der Waals surface area contributed by atoms with Crippen molar-refractivity contribution in [1.82, 2.24) is 0 Å². The molecule has 0 unspecified atom stereocenters. The Hall–Kier alpha value is -2.29. The third kappa shape index (κ3) is 5.12. The predicted octanol–water partition coefficient (Wildman–Crippen LogP) is 5.49. The molecule has 2 aromatic carbocycles. The Morgan fingerprint density at radius 1 is 0.958 bits per heavy atom. The molecule has 2 aromatic rings. The van der Waals surface area contributed by atoms with E-state index in [2.05, 4.69) is 44.8 Å². The van der Waals surface area contributed by atoms with Crippen LogP contribution >= 0.6 is 0 Å². The van der Waals surface area contributed by atoms with Crippen LogP contribution in [0.5, 0.6) is 11.5 Å². The van der Waals surface area contributed by atoms with Gasteiger partial charge in [0.25, 0.3) is 0 Å². The Kier molecular flexibility index (Phi) is 6.42. The molecule has 0 aliphatic carbocycles. The highest BCUT2D eigenvalue weighted by Crippen LogP contribution is 2.28. The normalized spacial score (nSPS) is 11.2. The first-order chi connectivity index (χ1) is 11.5. The topological polar surface area (TPSA) is 30.8 Å². The average molecular weight is 325 g/mol. The summed E-state index contributed by atoms with van der Waals surface area (Å²) < 4.78 is 11.5. The van der Waals surface area contributed by atoms with Crippen LogP contribution in [-0.2, 0) is 0 Å².